The van der Waals surface area contributed by atoms with Gasteiger partial charge in [0.25, 0.3) is 10.0 Å². The molecule has 3 aromatic rings. The molecule has 0 aliphatic rings. The molecule has 8 heteroatoms. The first kappa shape index (κ1) is 15.0. The summed E-state index contributed by atoms with van der Waals surface area (Å²) in [5, 5.41) is 0.872. The zero-order chi connectivity index (χ0) is 15.9. The molecule has 6 nitrogen and oxygen atoms in total. The fourth-order valence-corrected chi connectivity index (χ4v) is 4.29. The first-order valence-electron chi connectivity index (χ1n) is 6.82. The monoisotopic (exact) mass is 336 g/mol. The number of hydrogen-bond donors (Lipinski definition) is 0. The molecule has 0 unspecified atom stereocenters. The number of aryl methyl sites for hydroxylation is 2. The number of fused-ring (bicyclic) bond motifs is 1. The maximum absolute atomic E-state index is 12.8. The van der Waals surface area contributed by atoms with E-state index in [0.717, 1.165) is 10.1 Å². The summed E-state index contributed by atoms with van der Waals surface area (Å²) in [6, 6.07) is 7.57. The molecule has 0 aliphatic heterocycles. The van der Waals surface area contributed by atoms with Gasteiger partial charge >= 0.3 is 0 Å². The van der Waals surface area contributed by atoms with Crippen LogP contribution in [0, 0.1) is 6.92 Å². The van der Waals surface area contributed by atoms with E-state index in [1.165, 1.54) is 22.9 Å². The van der Waals surface area contributed by atoms with Gasteiger partial charge in [0.15, 0.2) is 10.8 Å². The van der Waals surface area contributed by atoms with Gasteiger partial charge in [-0.3, -0.25) is 4.31 Å². The van der Waals surface area contributed by atoms with Gasteiger partial charge in [0.1, 0.15) is 5.82 Å². The van der Waals surface area contributed by atoms with Crippen molar-refractivity contribution in [1.82, 2.24) is 13.9 Å². The molecular formula is C14H16N4O2S2. The van der Waals surface area contributed by atoms with Gasteiger partial charge in [0, 0.05) is 25.2 Å². The zero-order valence-electron chi connectivity index (χ0n) is 12.5. The molecule has 0 amide bonds. The minimum atomic E-state index is -3.72. The molecule has 0 N–H and O–H groups in total. The highest BCUT2D eigenvalue weighted by Crippen LogP contribution is 2.31. The van der Waals surface area contributed by atoms with Crippen LogP contribution in [0.5, 0.6) is 0 Å². The predicted octanol–water partition coefficient (Wildman–Crippen LogP) is 2.65. The summed E-state index contributed by atoms with van der Waals surface area (Å²) >= 11 is 1.28. The molecule has 0 radical (unpaired) electrons. The Morgan fingerprint density at radius 1 is 1.32 bits per heavy atom. The summed E-state index contributed by atoms with van der Waals surface area (Å²) in [4.78, 5) is 4.17. The predicted molar refractivity (Wildman–Crippen MR) is 87.8 cm³/mol. The number of sulfonamides is 1. The lowest BCUT2D eigenvalue weighted by Gasteiger charge is -2.15. The van der Waals surface area contributed by atoms with E-state index in [1.54, 1.807) is 17.7 Å². The SMILES string of the molecule is CCn1cc(S(=O)(=O)N(C)c2nsc3ccccc23)nc1C. The van der Waals surface area contributed by atoms with Gasteiger partial charge in [-0.1, -0.05) is 12.1 Å². The van der Waals surface area contributed by atoms with Crippen LogP contribution in [-0.4, -0.2) is 29.4 Å². The van der Waals surface area contributed by atoms with E-state index in [-0.39, 0.29) is 5.03 Å². The van der Waals surface area contributed by atoms with Gasteiger partial charge in [-0.05, 0) is 37.5 Å². The van der Waals surface area contributed by atoms with Crippen LogP contribution in [-0.2, 0) is 16.6 Å². The third-order valence-electron chi connectivity index (χ3n) is 3.58. The van der Waals surface area contributed by atoms with Crippen molar-refractivity contribution in [3.8, 4) is 0 Å². The quantitative estimate of drug-likeness (QED) is 0.734. The first-order chi connectivity index (χ1) is 10.4. The Morgan fingerprint density at radius 2 is 2.05 bits per heavy atom. The van der Waals surface area contributed by atoms with Crippen molar-refractivity contribution < 1.29 is 8.42 Å². The average molecular weight is 336 g/mol. The maximum atomic E-state index is 12.8. The van der Waals surface area contributed by atoms with Crippen molar-refractivity contribution in [1.29, 1.82) is 0 Å². The highest BCUT2D eigenvalue weighted by molar-refractivity contribution is 7.92. The average Bonchev–Trinajstić information content (AvgIpc) is 3.10. The van der Waals surface area contributed by atoms with Gasteiger partial charge in [0.2, 0.25) is 0 Å². The van der Waals surface area contributed by atoms with Crippen molar-refractivity contribution in [3.63, 3.8) is 0 Å². The standard InChI is InChI=1S/C14H16N4O2S2/c1-4-18-9-13(15-10(18)2)22(19,20)17(3)14-11-7-5-6-8-12(11)21-16-14/h5-9H,4H2,1-3H3. The van der Waals surface area contributed by atoms with Crippen LogP contribution in [0.1, 0.15) is 12.7 Å². The Hall–Kier alpha value is -1.93. The molecule has 116 valence electrons. The lowest BCUT2D eigenvalue weighted by atomic mass is 10.3. The molecule has 0 aliphatic carbocycles. The smallest absolute Gasteiger partial charge is 0.284 e. The van der Waals surface area contributed by atoms with Crippen molar-refractivity contribution in [3.05, 3.63) is 36.3 Å². The van der Waals surface area contributed by atoms with E-state index in [4.69, 9.17) is 0 Å². The van der Waals surface area contributed by atoms with Gasteiger partial charge < -0.3 is 4.57 Å². The lowest BCUT2D eigenvalue weighted by molar-refractivity contribution is 0.590. The molecule has 0 atom stereocenters. The maximum Gasteiger partial charge on any atom is 0.284 e. The number of imidazole rings is 1. The van der Waals surface area contributed by atoms with E-state index >= 15 is 0 Å². The van der Waals surface area contributed by atoms with Crippen LogP contribution < -0.4 is 4.31 Å². The number of aromatic nitrogens is 3. The molecule has 22 heavy (non-hydrogen) atoms. The Labute approximate surface area is 133 Å². The molecule has 3 rings (SSSR count). The second-order valence-electron chi connectivity index (χ2n) is 4.89. The fraction of sp³-hybridized carbons (Fsp3) is 0.286. The van der Waals surface area contributed by atoms with E-state index in [1.807, 2.05) is 31.2 Å². The Bertz CT molecular complexity index is 927. The topological polar surface area (TPSA) is 68.1 Å². The van der Waals surface area contributed by atoms with Crippen LogP contribution in [0.15, 0.2) is 35.5 Å². The van der Waals surface area contributed by atoms with E-state index in [2.05, 4.69) is 9.36 Å². The molecule has 1 aromatic carbocycles. The van der Waals surface area contributed by atoms with Crippen LogP contribution in [0.3, 0.4) is 0 Å². The number of benzene rings is 1. The molecular weight excluding hydrogens is 320 g/mol. The van der Waals surface area contributed by atoms with Crippen LogP contribution in [0.25, 0.3) is 10.1 Å². The summed E-state index contributed by atoms with van der Waals surface area (Å²) in [5.74, 6) is 1.11. The minimum Gasteiger partial charge on any atom is -0.334 e. The van der Waals surface area contributed by atoms with Gasteiger partial charge in [0.05, 0.1) is 4.70 Å². The number of hydrogen-bond acceptors (Lipinski definition) is 5. The molecule has 0 saturated carbocycles. The number of rotatable bonds is 4. The third kappa shape index (κ3) is 2.28. The number of anilines is 1. The lowest BCUT2D eigenvalue weighted by Crippen LogP contribution is -2.27. The van der Waals surface area contributed by atoms with Crippen LogP contribution in [0.2, 0.25) is 0 Å². The normalized spacial score (nSPS) is 12.0. The first-order valence-corrected chi connectivity index (χ1v) is 9.03. The van der Waals surface area contributed by atoms with Crippen molar-refractivity contribution in [2.45, 2.75) is 25.4 Å². The van der Waals surface area contributed by atoms with Crippen molar-refractivity contribution in [2.75, 3.05) is 11.4 Å². The Balaban J connectivity index is 2.08. The van der Waals surface area contributed by atoms with Gasteiger partial charge in [-0.2, -0.15) is 12.8 Å². The molecule has 2 heterocycles. The summed E-state index contributed by atoms with van der Waals surface area (Å²) in [7, 11) is -2.21. The summed E-state index contributed by atoms with van der Waals surface area (Å²) in [5.41, 5.74) is 0. The number of nitrogens with zero attached hydrogens (tertiary/aromatic N) is 4. The van der Waals surface area contributed by atoms with E-state index in [0.29, 0.717) is 18.2 Å². The Morgan fingerprint density at radius 3 is 2.73 bits per heavy atom. The fourth-order valence-electron chi connectivity index (χ4n) is 2.28. The minimum absolute atomic E-state index is 0.0476. The largest absolute Gasteiger partial charge is 0.334 e. The molecule has 0 saturated heterocycles. The van der Waals surface area contributed by atoms with Crippen molar-refractivity contribution in [2.24, 2.45) is 0 Å². The molecule has 0 bridgehead atoms. The highest BCUT2D eigenvalue weighted by Gasteiger charge is 2.27. The molecule has 0 spiro atoms. The van der Waals surface area contributed by atoms with Gasteiger partial charge in [-0.15, -0.1) is 0 Å². The zero-order valence-corrected chi connectivity index (χ0v) is 14.1. The van der Waals surface area contributed by atoms with E-state index < -0.39 is 10.0 Å². The van der Waals surface area contributed by atoms with Crippen LogP contribution >= 0.6 is 11.5 Å². The second-order valence-corrected chi connectivity index (χ2v) is 7.61. The van der Waals surface area contributed by atoms with Crippen LogP contribution in [0.4, 0.5) is 5.82 Å². The van der Waals surface area contributed by atoms with E-state index in [9.17, 15) is 8.42 Å². The second kappa shape index (κ2) is 5.36. The summed E-state index contributed by atoms with van der Waals surface area (Å²) in [6.45, 7) is 4.42. The highest BCUT2D eigenvalue weighted by atomic mass is 32.2. The summed E-state index contributed by atoms with van der Waals surface area (Å²) in [6.07, 6.45) is 1.57. The molecule has 0 fully saturated rings. The third-order valence-corrected chi connectivity index (χ3v) is 6.01. The van der Waals surface area contributed by atoms with Gasteiger partial charge in [-0.25, -0.2) is 4.98 Å². The van der Waals surface area contributed by atoms with Crippen molar-refractivity contribution >= 4 is 37.5 Å². The Kier molecular flexibility index (Phi) is 3.65. The molecule has 2 aromatic heterocycles. The summed E-state index contributed by atoms with van der Waals surface area (Å²) < 4.78 is 33.8.